The molecule has 0 saturated carbocycles. The molecule has 0 aliphatic rings. The molecule has 0 spiro atoms. The molecule has 79 heavy (non-hydrogen) atoms. The van der Waals surface area contributed by atoms with Gasteiger partial charge in [0.2, 0.25) is 0 Å². The van der Waals surface area contributed by atoms with Crippen LogP contribution in [0.2, 0.25) is 0 Å². The van der Waals surface area contributed by atoms with Crippen molar-refractivity contribution in [3.05, 3.63) is 240 Å². The van der Waals surface area contributed by atoms with E-state index in [0.29, 0.717) is 17.0 Å². The second-order valence-electron chi connectivity index (χ2n) is 21.3. The maximum absolute atomic E-state index is 8.98. The second-order valence-corrected chi connectivity index (χ2v) is 21.3. The fourth-order valence-electron chi connectivity index (χ4n) is 11.2. The fourth-order valence-corrected chi connectivity index (χ4v) is 11.2. The zero-order chi connectivity index (χ0) is 58.1. The Morgan fingerprint density at radius 1 is 0.481 bits per heavy atom. The predicted octanol–water partition coefficient (Wildman–Crippen LogP) is 20.2. The van der Waals surface area contributed by atoms with Crippen molar-refractivity contribution in [1.82, 2.24) is 19.1 Å². The summed E-state index contributed by atoms with van der Waals surface area (Å²) in [6.07, 6.45) is 0. The van der Waals surface area contributed by atoms with Gasteiger partial charge in [0.05, 0.1) is 39.3 Å². The van der Waals surface area contributed by atoms with Crippen molar-refractivity contribution in [2.45, 2.75) is 85.9 Å². The summed E-state index contributed by atoms with van der Waals surface area (Å²) in [4.78, 5) is 10.3. The van der Waals surface area contributed by atoms with Gasteiger partial charge in [0.15, 0.2) is 0 Å². The van der Waals surface area contributed by atoms with E-state index in [4.69, 9.17) is 21.2 Å². The van der Waals surface area contributed by atoms with Crippen molar-refractivity contribution in [1.29, 1.82) is 0 Å². The molecule has 13 aromatic rings. The molecule has 0 aliphatic heterocycles. The Labute approximate surface area is 485 Å². The number of hydrogen-bond acceptors (Lipinski definition) is 3. The van der Waals surface area contributed by atoms with Crippen molar-refractivity contribution < 1.29 is 31.4 Å². The van der Waals surface area contributed by atoms with Gasteiger partial charge in [-0.1, -0.05) is 218 Å². The molecule has 0 bridgehead atoms. The van der Waals surface area contributed by atoms with Crippen molar-refractivity contribution in [2.75, 3.05) is 0 Å². The summed E-state index contributed by atoms with van der Waals surface area (Å²) in [6.45, 7) is 14.2. The monoisotopic (exact) mass is 1210 g/mol. The molecule has 10 aromatic carbocycles. The Balaban J connectivity index is 0.000000175. The van der Waals surface area contributed by atoms with E-state index in [-0.39, 0.29) is 37.5 Å². The summed E-state index contributed by atoms with van der Waals surface area (Å²) < 4.78 is 53.6. The van der Waals surface area contributed by atoms with Gasteiger partial charge in [0.25, 0.3) is 0 Å². The maximum atomic E-state index is 8.98. The van der Waals surface area contributed by atoms with Gasteiger partial charge >= 0.3 is 0 Å². The van der Waals surface area contributed by atoms with Crippen LogP contribution in [0.15, 0.2) is 205 Å². The Bertz CT molecular complexity index is 4520. The van der Waals surface area contributed by atoms with Crippen LogP contribution in [0.25, 0.3) is 111 Å². The van der Waals surface area contributed by atoms with E-state index in [2.05, 4.69) is 154 Å². The minimum Gasteiger partial charge on any atom is -0.500 e. The SMILES string of the molecule is CC(C)c1cc(-c2ccccc2)cc(C(C)C)c1-n1c(-c2[c-]ccc3c2oc2c4ccccc4ccc32)nc2ccccc21.[2H]C([2H])([2H])c1c[c-]c(-c2nc3ccccc3n2-c2c(C([2H])(C)C)cccc2C([2H])(C)C)cc1-c1ccccc1.[Ir]. The number of hydrogen-bond donors (Lipinski definition) is 0. The molecular formula is C73H64IrN4O-2. The van der Waals surface area contributed by atoms with Crippen molar-refractivity contribution in [3.8, 4) is 56.4 Å². The summed E-state index contributed by atoms with van der Waals surface area (Å²) in [7, 11) is 0. The van der Waals surface area contributed by atoms with E-state index >= 15 is 0 Å². The summed E-state index contributed by atoms with van der Waals surface area (Å²) in [5.74, 6) is 0.0890. The zero-order valence-electron chi connectivity index (χ0n) is 50.7. The van der Waals surface area contributed by atoms with Gasteiger partial charge in [-0.25, -0.2) is 0 Å². The number of aryl methyl sites for hydroxylation is 1. The number of rotatable bonds is 10. The number of nitrogens with zero attached hydrogens (tertiary/aromatic N) is 4. The van der Waals surface area contributed by atoms with Crippen LogP contribution in [0.4, 0.5) is 0 Å². The second kappa shape index (κ2) is 21.9. The Hall–Kier alpha value is -8.15. The van der Waals surface area contributed by atoms with Crippen LogP contribution in [0.1, 0.15) is 114 Å². The van der Waals surface area contributed by atoms with E-state index < -0.39 is 18.6 Å². The largest absolute Gasteiger partial charge is 0.500 e. The topological polar surface area (TPSA) is 48.8 Å². The van der Waals surface area contributed by atoms with Crippen molar-refractivity contribution in [2.24, 2.45) is 0 Å². The molecule has 0 N–H and O–H groups in total. The first-order valence-corrected chi connectivity index (χ1v) is 27.0. The predicted molar refractivity (Wildman–Crippen MR) is 327 cm³/mol. The van der Waals surface area contributed by atoms with Gasteiger partial charge < -0.3 is 13.6 Å². The van der Waals surface area contributed by atoms with Crippen LogP contribution < -0.4 is 0 Å². The molecule has 5 nitrogen and oxygen atoms in total. The van der Waals surface area contributed by atoms with Crippen LogP contribution >= 0.6 is 0 Å². The number of benzene rings is 10. The molecule has 3 heterocycles. The smallest absolute Gasteiger partial charge is 0.128 e. The van der Waals surface area contributed by atoms with Gasteiger partial charge in [-0.2, -0.15) is 0 Å². The molecule has 0 aliphatic carbocycles. The summed E-state index contributed by atoms with van der Waals surface area (Å²) in [5.41, 5.74) is 17.0. The van der Waals surface area contributed by atoms with E-state index in [1.807, 2.05) is 117 Å². The van der Waals surface area contributed by atoms with Crippen LogP contribution in [0, 0.1) is 19.0 Å². The summed E-state index contributed by atoms with van der Waals surface area (Å²) >= 11 is 0. The maximum Gasteiger partial charge on any atom is 0.128 e. The minimum absolute atomic E-state index is 0. The van der Waals surface area contributed by atoms with Crippen molar-refractivity contribution in [3.63, 3.8) is 0 Å². The molecule has 0 amide bonds. The van der Waals surface area contributed by atoms with Crippen molar-refractivity contribution >= 4 is 54.8 Å². The first-order chi connectivity index (χ1) is 39.8. The average molecular weight is 1210 g/mol. The standard InChI is InChI=1S/C41H33N2O.C32H31N2.Ir/c1-25(2)34-23-29(27-13-6-5-7-14-27)24-35(26(3)4)38(34)43-37-20-11-10-19-36(37)42-41(43)33-18-12-17-31-32-22-21-28-15-8-9-16-30(28)39(32)44-40(31)33;1-21(2)26-14-11-15-27(22(3)4)31(26)34-30-17-10-9-16-29(30)33-32(34)25-19-18-23(5)28(20-25)24-12-7-6-8-13-24;/h5-17,19-26H,1-4H3;6-18,20-22H,1-5H3;/q2*-1;/i;5D3,21D,22D;. The Kier molecular flexibility index (Phi) is 13.0. The van der Waals surface area contributed by atoms with Gasteiger partial charge in [0.1, 0.15) is 5.58 Å². The first kappa shape index (κ1) is 46.9. The Morgan fingerprint density at radius 3 is 1.65 bits per heavy atom. The molecule has 0 saturated heterocycles. The number of imidazole rings is 2. The van der Waals surface area contributed by atoms with Crippen LogP contribution in [0.3, 0.4) is 0 Å². The number of furan rings is 1. The van der Waals surface area contributed by atoms with Crippen LogP contribution in [-0.4, -0.2) is 19.1 Å². The summed E-state index contributed by atoms with van der Waals surface area (Å²) in [5, 5.41) is 4.46. The summed E-state index contributed by atoms with van der Waals surface area (Å²) in [6, 6.07) is 74.0. The molecule has 13 rings (SSSR count). The molecule has 6 heteroatoms. The molecular weight excluding hydrogens is 1140 g/mol. The van der Waals surface area contributed by atoms with Crippen LogP contribution in [-0.2, 0) is 20.1 Å². The fraction of sp³-hybridized carbons (Fsp3) is 0.178. The first-order valence-electron chi connectivity index (χ1n) is 29.5. The molecule has 393 valence electrons. The van der Waals surface area contributed by atoms with Gasteiger partial charge in [0, 0.05) is 49.1 Å². The molecule has 0 fully saturated rings. The third kappa shape index (κ3) is 9.62. The Morgan fingerprint density at radius 2 is 1.03 bits per heavy atom. The normalized spacial score (nSPS) is 13.1. The minimum atomic E-state index is -2.31. The van der Waals surface area contributed by atoms with Gasteiger partial charge in [-0.05, 0) is 104 Å². The van der Waals surface area contributed by atoms with Crippen LogP contribution in [0.5, 0.6) is 0 Å². The molecule has 3 aromatic heterocycles. The molecule has 0 unspecified atom stereocenters. The third-order valence-corrected chi connectivity index (χ3v) is 15.0. The zero-order valence-corrected chi connectivity index (χ0v) is 48.1. The van der Waals surface area contributed by atoms with Gasteiger partial charge in [-0.3, -0.25) is 9.97 Å². The quantitative estimate of drug-likeness (QED) is 0.128. The molecule has 1 radical (unpaired) electrons. The number of para-hydroxylation sites is 5. The third-order valence-electron chi connectivity index (χ3n) is 15.0. The average Bonchev–Trinajstić information content (AvgIpc) is 1.71. The number of fused-ring (bicyclic) bond motifs is 7. The number of aromatic nitrogens is 4. The van der Waals surface area contributed by atoms with E-state index in [1.165, 1.54) is 33.3 Å². The van der Waals surface area contributed by atoms with E-state index in [9.17, 15) is 0 Å². The van der Waals surface area contributed by atoms with E-state index in [1.54, 1.807) is 6.07 Å². The van der Waals surface area contributed by atoms with Gasteiger partial charge in [-0.15, -0.1) is 47.5 Å². The molecule has 0 atom stereocenters. The van der Waals surface area contributed by atoms with E-state index in [0.717, 1.165) is 83.2 Å².